The number of rotatable bonds is 5. The van der Waals surface area contributed by atoms with Gasteiger partial charge in [-0.05, 0) is 42.2 Å². The molecule has 3 rings (SSSR count). The number of hydrogen-bond donors (Lipinski definition) is 1. The second-order valence-corrected chi connectivity index (χ2v) is 6.44. The van der Waals surface area contributed by atoms with Gasteiger partial charge in [0.15, 0.2) is 6.61 Å². The van der Waals surface area contributed by atoms with E-state index in [4.69, 9.17) is 16.3 Å². The first kappa shape index (κ1) is 18.5. The molecular weight excluding hydrogens is 374 g/mol. The summed E-state index contributed by atoms with van der Waals surface area (Å²) < 4.78 is 55.6. The average Bonchev–Trinajstić information content (AvgIpc) is 3.34. The van der Waals surface area contributed by atoms with Gasteiger partial charge in [-0.15, -0.1) is 0 Å². The molecule has 0 aromatic heterocycles. The number of alkyl halides is 3. The van der Waals surface area contributed by atoms with Crippen LogP contribution in [-0.2, 0) is 4.79 Å². The smallest absolute Gasteiger partial charge is 0.422 e. The monoisotopic (exact) mass is 387 g/mol. The van der Waals surface area contributed by atoms with Gasteiger partial charge in [-0.2, -0.15) is 13.2 Å². The first-order chi connectivity index (χ1) is 12.2. The highest BCUT2D eigenvalue weighted by Gasteiger charge is 2.45. The molecule has 0 spiro atoms. The van der Waals surface area contributed by atoms with Crippen LogP contribution in [0.25, 0.3) is 0 Å². The average molecular weight is 388 g/mol. The lowest BCUT2D eigenvalue weighted by molar-refractivity contribution is -0.153. The van der Waals surface area contributed by atoms with Crippen LogP contribution in [0.4, 0.5) is 23.2 Å². The third-order valence-corrected chi connectivity index (χ3v) is 4.26. The number of hydrogen-bond acceptors (Lipinski definition) is 2. The predicted octanol–water partition coefficient (Wildman–Crippen LogP) is 5.16. The summed E-state index contributed by atoms with van der Waals surface area (Å²) >= 11 is 5.85. The predicted molar refractivity (Wildman–Crippen MR) is 88.9 cm³/mol. The van der Waals surface area contributed by atoms with Crippen LogP contribution in [0.15, 0.2) is 42.5 Å². The molecule has 1 N–H and O–H groups in total. The second-order valence-electron chi connectivity index (χ2n) is 6.00. The molecule has 138 valence electrons. The third kappa shape index (κ3) is 4.46. The largest absolute Gasteiger partial charge is 0.482 e. The van der Waals surface area contributed by atoms with Crippen LogP contribution < -0.4 is 10.1 Å². The van der Waals surface area contributed by atoms with Crippen molar-refractivity contribution in [2.75, 3.05) is 11.9 Å². The van der Waals surface area contributed by atoms with E-state index in [1.54, 1.807) is 18.2 Å². The van der Waals surface area contributed by atoms with Gasteiger partial charge in [0.1, 0.15) is 11.6 Å². The third-order valence-electron chi connectivity index (χ3n) is 4.02. The van der Waals surface area contributed by atoms with E-state index in [0.717, 1.165) is 0 Å². The Morgan fingerprint density at radius 2 is 1.96 bits per heavy atom. The normalized spacial score (nSPS) is 19.1. The van der Waals surface area contributed by atoms with Crippen LogP contribution in [0.3, 0.4) is 0 Å². The standard InChI is InChI=1S/C18H14ClF4NO2/c19-10-5-6-16(26-9-18(21,22)23)15(7-10)24-17(25)13-8-12(13)11-3-1-2-4-14(11)20/h1-7,12-13H,8-9H2,(H,24,25). The van der Waals surface area contributed by atoms with E-state index in [-0.39, 0.29) is 28.2 Å². The van der Waals surface area contributed by atoms with E-state index in [9.17, 15) is 22.4 Å². The number of carbonyl (C=O) groups is 1. The highest BCUT2D eigenvalue weighted by Crippen LogP contribution is 2.49. The van der Waals surface area contributed by atoms with Crippen LogP contribution in [0, 0.1) is 11.7 Å². The molecule has 3 nitrogen and oxygen atoms in total. The number of benzene rings is 2. The molecule has 1 amide bonds. The van der Waals surface area contributed by atoms with E-state index in [2.05, 4.69) is 5.32 Å². The zero-order chi connectivity index (χ0) is 18.9. The zero-order valence-corrected chi connectivity index (χ0v) is 14.1. The molecule has 0 saturated heterocycles. The minimum atomic E-state index is -4.51. The minimum absolute atomic E-state index is 0.0472. The molecule has 26 heavy (non-hydrogen) atoms. The fourth-order valence-corrected chi connectivity index (χ4v) is 2.89. The molecular formula is C18H14ClF4NO2. The lowest BCUT2D eigenvalue weighted by atomic mass is 10.1. The summed E-state index contributed by atoms with van der Waals surface area (Å²) in [4.78, 5) is 12.4. The van der Waals surface area contributed by atoms with Crippen LogP contribution in [0.5, 0.6) is 5.75 Å². The van der Waals surface area contributed by atoms with Gasteiger partial charge >= 0.3 is 6.18 Å². The van der Waals surface area contributed by atoms with Crippen molar-refractivity contribution in [3.63, 3.8) is 0 Å². The number of amides is 1. The summed E-state index contributed by atoms with van der Waals surface area (Å²) in [5, 5.41) is 2.77. The quantitative estimate of drug-likeness (QED) is 0.719. The summed E-state index contributed by atoms with van der Waals surface area (Å²) in [5.41, 5.74) is 0.498. The molecule has 0 bridgehead atoms. The van der Waals surface area contributed by atoms with Crippen molar-refractivity contribution in [2.45, 2.75) is 18.5 Å². The van der Waals surface area contributed by atoms with Crippen molar-refractivity contribution < 1.29 is 27.1 Å². The van der Waals surface area contributed by atoms with Crippen molar-refractivity contribution in [1.29, 1.82) is 0 Å². The SMILES string of the molecule is O=C(Nc1cc(Cl)ccc1OCC(F)(F)F)C1CC1c1ccccc1F. The minimum Gasteiger partial charge on any atom is -0.482 e. The number of anilines is 1. The van der Waals surface area contributed by atoms with Crippen molar-refractivity contribution in [3.05, 3.63) is 58.9 Å². The van der Waals surface area contributed by atoms with Crippen LogP contribution in [0.2, 0.25) is 5.02 Å². The molecule has 2 unspecified atom stereocenters. The van der Waals surface area contributed by atoms with Gasteiger partial charge in [-0.3, -0.25) is 4.79 Å². The van der Waals surface area contributed by atoms with Crippen LogP contribution in [-0.4, -0.2) is 18.7 Å². The summed E-state index contributed by atoms with van der Waals surface area (Å²) in [6.07, 6.45) is -4.04. The molecule has 1 fully saturated rings. The Balaban J connectivity index is 1.70. The second kappa shape index (κ2) is 7.15. The fourth-order valence-electron chi connectivity index (χ4n) is 2.72. The van der Waals surface area contributed by atoms with Gasteiger partial charge in [-0.1, -0.05) is 29.8 Å². The highest BCUT2D eigenvalue weighted by molar-refractivity contribution is 6.31. The maximum absolute atomic E-state index is 13.8. The molecule has 0 aliphatic heterocycles. The molecule has 1 aliphatic carbocycles. The number of nitrogens with one attached hydrogen (secondary N) is 1. The molecule has 2 aromatic rings. The van der Waals surface area contributed by atoms with Gasteiger partial charge in [0.2, 0.25) is 5.91 Å². The zero-order valence-electron chi connectivity index (χ0n) is 13.3. The number of ether oxygens (including phenoxy) is 1. The first-order valence-electron chi connectivity index (χ1n) is 7.79. The Hall–Kier alpha value is -2.28. The molecule has 8 heteroatoms. The van der Waals surface area contributed by atoms with E-state index < -0.39 is 24.6 Å². The Morgan fingerprint density at radius 1 is 1.23 bits per heavy atom. The van der Waals surface area contributed by atoms with Crippen molar-refractivity contribution >= 4 is 23.2 Å². The Labute approximate surface area is 151 Å². The van der Waals surface area contributed by atoms with E-state index in [1.165, 1.54) is 24.3 Å². The lowest BCUT2D eigenvalue weighted by Crippen LogP contribution is -2.21. The Morgan fingerprint density at radius 3 is 2.65 bits per heavy atom. The van der Waals surface area contributed by atoms with Gasteiger partial charge in [0.05, 0.1) is 5.69 Å². The Bertz CT molecular complexity index is 825. The molecule has 2 atom stereocenters. The molecule has 0 heterocycles. The van der Waals surface area contributed by atoms with Crippen molar-refractivity contribution in [1.82, 2.24) is 0 Å². The van der Waals surface area contributed by atoms with E-state index in [1.807, 2.05) is 0 Å². The molecule has 1 saturated carbocycles. The first-order valence-corrected chi connectivity index (χ1v) is 8.17. The lowest BCUT2D eigenvalue weighted by Gasteiger charge is -2.14. The van der Waals surface area contributed by atoms with Crippen molar-refractivity contribution in [3.8, 4) is 5.75 Å². The number of carbonyl (C=O) groups excluding carboxylic acids is 1. The van der Waals surface area contributed by atoms with Gasteiger partial charge in [0.25, 0.3) is 0 Å². The molecule has 1 aliphatic rings. The highest BCUT2D eigenvalue weighted by atomic mass is 35.5. The summed E-state index contributed by atoms with van der Waals surface area (Å²) in [6, 6.07) is 10.1. The summed E-state index contributed by atoms with van der Waals surface area (Å²) in [7, 11) is 0. The van der Waals surface area contributed by atoms with Crippen LogP contribution >= 0.6 is 11.6 Å². The van der Waals surface area contributed by atoms with Gasteiger partial charge in [0, 0.05) is 10.9 Å². The maximum Gasteiger partial charge on any atom is 0.422 e. The van der Waals surface area contributed by atoms with Gasteiger partial charge in [-0.25, -0.2) is 4.39 Å². The maximum atomic E-state index is 13.8. The fraction of sp³-hybridized carbons (Fsp3) is 0.278. The number of halogens is 5. The van der Waals surface area contributed by atoms with E-state index in [0.29, 0.717) is 12.0 Å². The van der Waals surface area contributed by atoms with E-state index >= 15 is 0 Å². The summed E-state index contributed by atoms with van der Waals surface area (Å²) in [6.45, 7) is -1.49. The summed E-state index contributed by atoms with van der Waals surface area (Å²) in [5.74, 6) is -1.65. The van der Waals surface area contributed by atoms with Crippen molar-refractivity contribution in [2.24, 2.45) is 5.92 Å². The molecule has 0 radical (unpaired) electrons. The molecule has 2 aromatic carbocycles. The Kier molecular flexibility index (Phi) is 5.09. The van der Waals surface area contributed by atoms with Crippen LogP contribution in [0.1, 0.15) is 17.9 Å². The topological polar surface area (TPSA) is 38.3 Å². The van der Waals surface area contributed by atoms with Gasteiger partial charge < -0.3 is 10.1 Å².